The van der Waals surface area contributed by atoms with E-state index in [4.69, 9.17) is 5.73 Å². The minimum absolute atomic E-state index is 0.522. The van der Waals surface area contributed by atoms with Crippen LogP contribution in [0, 0.1) is 0 Å². The van der Waals surface area contributed by atoms with Crippen molar-refractivity contribution in [3.8, 4) is 21.7 Å². The number of nitrogens with two attached hydrogens (primary N) is 1. The Morgan fingerprint density at radius 2 is 2.00 bits per heavy atom. The van der Waals surface area contributed by atoms with Crippen LogP contribution in [0.5, 0.6) is 0 Å². The molecule has 0 saturated carbocycles. The molecule has 0 aliphatic rings. The summed E-state index contributed by atoms with van der Waals surface area (Å²) in [5, 5.41) is 9.41. The molecule has 3 nitrogen and oxygen atoms in total. The number of nitrogens with zero attached hydrogens (tertiary/aromatic N) is 1. The van der Waals surface area contributed by atoms with Gasteiger partial charge in [-0.05, 0) is 23.6 Å². The first-order chi connectivity index (χ1) is 10.2. The average Bonchev–Trinajstić information content (AvgIpc) is 3.13. The molecule has 104 valence electrons. The zero-order valence-electron chi connectivity index (χ0n) is 10.8. The number of benzene rings is 1. The molecule has 1 aromatic carbocycles. The highest BCUT2D eigenvalue weighted by Gasteiger charge is 2.18. The van der Waals surface area contributed by atoms with Crippen LogP contribution in [0.3, 0.4) is 0 Å². The zero-order valence-corrected chi connectivity index (χ0v) is 14.0. The number of thiophene rings is 2. The number of hydrogen-bond donors (Lipinski definition) is 2. The second-order valence-electron chi connectivity index (χ2n) is 4.60. The van der Waals surface area contributed by atoms with Crippen LogP contribution in [0.2, 0.25) is 0 Å². The molecule has 21 heavy (non-hydrogen) atoms. The number of aromatic nitrogens is 2. The van der Waals surface area contributed by atoms with Gasteiger partial charge in [0.25, 0.3) is 0 Å². The standard InChI is InChI=1S/C15H10BrN3S2/c16-9-4-2-1-3-8(9)13-14(18-19-15(13)17)12-7-11-10(21-12)5-6-20-11/h1-7H,(H3,17,18,19). The third kappa shape index (κ3) is 2.10. The first kappa shape index (κ1) is 13.1. The lowest BCUT2D eigenvalue weighted by Crippen LogP contribution is -1.89. The second-order valence-corrected chi connectivity index (χ2v) is 7.48. The molecule has 3 N–H and O–H groups in total. The molecule has 0 fully saturated rings. The molecule has 4 aromatic rings. The van der Waals surface area contributed by atoms with Crippen molar-refractivity contribution in [3.63, 3.8) is 0 Å². The van der Waals surface area contributed by atoms with Crippen molar-refractivity contribution in [2.24, 2.45) is 0 Å². The van der Waals surface area contributed by atoms with Crippen LogP contribution in [0.4, 0.5) is 5.82 Å². The highest BCUT2D eigenvalue weighted by molar-refractivity contribution is 9.10. The number of nitrogen functional groups attached to an aromatic ring is 1. The SMILES string of the molecule is Nc1n[nH]c(-c2cc3sccc3s2)c1-c1ccccc1Br. The lowest BCUT2D eigenvalue weighted by Gasteiger charge is -2.05. The molecule has 0 unspecified atom stereocenters. The van der Waals surface area contributed by atoms with Crippen molar-refractivity contribution in [3.05, 3.63) is 46.3 Å². The lowest BCUT2D eigenvalue weighted by atomic mass is 10.0. The van der Waals surface area contributed by atoms with E-state index in [1.165, 1.54) is 9.40 Å². The molecule has 6 heteroatoms. The molecule has 0 radical (unpaired) electrons. The van der Waals surface area contributed by atoms with Gasteiger partial charge in [-0.2, -0.15) is 5.10 Å². The number of halogens is 1. The summed E-state index contributed by atoms with van der Waals surface area (Å²) in [5.74, 6) is 0.522. The van der Waals surface area contributed by atoms with Gasteiger partial charge in [0, 0.05) is 19.4 Å². The minimum atomic E-state index is 0.522. The second kappa shape index (κ2) is 4.98. The Balaban J connectivity index is 1.95. The van der Waals surface area contributed by atoms with E-state index in [1.807, 2.05) is 24.3 Å². The molecule has 0 aliphatic carbocycles. The quantitative estimate of drug-likeness (QED) is 0.495. The summed E-state index contributed by atoms with van der Waals surface area (Å²) < 4.78 is 3.60. The van der Waals surface area contributed by atoms with Crippen LogP contribution in [0.15, 0.2) is 46.3 Å². The Kier molecular flexibility index (Phi) is 3.10. The summed E-state index contributed by atoms with van der Waals surface area (Å²) in [4.78, 5) is 1.16. The molecule has 0 bridgehead atoms. The maximum Gasteiger partial charge on any atom is 0.153 e. The maximum absolute atomic E-state index is 6.09. The summed E-state index contributed by atoms with van der Waals surface area (Å²) in [7, 11) is 0. The van der Waals surface area contributed by atoms with Gasteiger partial charge in [0.15, 0.2) is 5.82 Å². The number of fused-ring (bicyclic) bond motifs is 1. The van der Waals surface area contributed by atoms with E-state index in [9.17, 15) is 0 Å². The summed E-state index contributed by atoms with van der Waals surface area (Å²) in [5.41, 5.74) is 9.08. The van der Waals surface area contributed by atoms with E-state index in [0.717, 1.165) is 26.2 Å². The van der Waals surface area contributed by atoms with Gasteiger partial charge >= 0.3 is 0 Å². The lowest BCUT2D eigenvalue weighted by molar-refractivity contribution is 1.11. The normalized spacial score (nSPS) is 11.3. The molecule has 0 aliphatic heterocycles. The Labute approximate surface area is 137 Å². The molecular formula is C15H10BrN3S2. The van der Waals surface area contributed by atoms with E-state index in [0.29, 0.717) is 5.82 Å². The number of aromatic amines is 1. The molecule has 3 heterocycles. The van der Waals surface area contributed by atoms with Crippen molar-refractivity contribution in [1.29, 1.82) is 0 Å². The van der Waals surface area contributed by atoms with Crippen molar-refractivity contribution in [1.82, 2.24) is 10.2 Å². The van der Waals surface area contributed by atoms with Crippen LogP contribution in [-0.4, -0.2) is 10.2 Å². The van der Waals surface area contributed by atoms with Crippen molar-refractivity contribution >= 4 is 53.8 Å². The van der Waals surface area contributed by atoms with Gasteiger partial charge in [-0.15, -0.1) is 22.7 Å². The van der Waals surface area contributed by atoms with Gasteiger partial charge < -0.3 is 5.73 Å². The fourth-order valence-corrected chi connectivity index (χ4v) is 4.95. The summed E-state index contributed by atoms with van der Waals surface area (Å²) in [6, 6.07) is 12.4. The van der Waals surface area contributed by atoms with E-state index in [2.05, 4.69) is 43.6 Å². The average molecular weight is 376 g/mol. The minimum Gasteiger partial charge on any atom is -0.382 e. The van der Waals surface area contributed by atoms with Crippen LogP contribution >= 0.6 is 38.6 Å². The highest BCUT2D eigenvalue weighted by atomic mass is 79.9. The molecule has 0 amide bonds. The summed E-state index contributed by atoms with van der Waals surface area (Å²) in [6.45, 7) is 0. The number of H-pyrrole nitrogens is 1. The Morgan fingerprint density at radius 3 is 2.81 bits per heavy atom. The Bertz CT molecular complexity index is 907. The highest BCUT2D eigenvalue weighted by Crippen LogP contribution is 2.43. The third-order valence-electron chi connectivity index (χ3n) is 3.32. The first-order valence-electron chi connectivity index (χ1n) is 6.30. The van der Waals surface area contributed by atoms with E-state index >= 15 is 0 Å². The number of hydrogen-bond acceptors (Lipinski definition) is 4. The Morgan fingerprint density at radius 1 is 1.14 bits per heavy atom. The summed E-state index contributed by atoms with van der Waals surface area (Å²) in [6.07, 6.45) is 0. The van der Waals surface area contributed by atoms with Gasteiger partial charge in [-0.1, -0.05) is 34.1 Å². The monoisotopic (exact) mass is 375 g/mol. The fourth-order valence-electron chi connectivity index (χ4n) is 2.36. The molecular weight excluding hydrogens is 366 g/mol. The van der Waals surface area contributed by atoms with Gasteiger partial charge in [-0.3, -0.25) is 5.10 Å². The van der Waals surface area contributed by atoms with Crippen molar-refractivity contribution < 1.29 is 0 Å². The van der Waals surface area contributed by atoms with E-state index < -0.39 is 0 Å². The van der Waals surface area contributed by atoms with Crippen LogP contribution in [0.25, 0.3) is 31.1 Å². The van der Waals surface area contributed by atoms with E-state index in [1.54, 1.807) is 22.7 Å². The van der Waals surface area contributed by atoms with Crippen LogP contribution in [-0.2, 0) is 0 Å². The smallest absolute Gasteiger partial charge is 0.153 e. The van der Waals surface area contributed by atoms with Gasteiger partial charge in [0.05, 0.1) is 16.1 Å². The third-order valence-corrected chi connectivity index (χ3v) is 6.13. The number of anilines is 1. The Hall–Kier alpha value is -1.63. The zero-order chi connectivity index (χ0) is 14.4. The predicted octanol–water partition coefficient (Wildman–Crippen LogP) is 5.36. The topological polar surface area (TPSA) is 54.7 Å². The van der Waals surface area contributed by atoms with Crippen molar-refractivity contribution in [2.75, 3.05) is 5.73 Å². The first-order valence-corrected chi connectivity index (χ1v) is 8.79. The molecule has 3 aromatic heterocycles. The molecule has 0 saturated heterocycles. The van der Waals surface area contributed by atoms with Crippen molar-refractivity contribution in [2.45, 2.75) is 0 Å². The van der Waals surface area contributed by atoms with Gasteiger partial charge in [0.1, 0.15) is 0 Å². The molecule has 0 spiro atoms. The maximum atomic E-state index is 6.09. The number of nitrogens with one attached hydrogen (secondary N) is 1. The number of rotatable bonds is 2. The fraction of sp³-hybridized carbons (Fsp3) is 0. The van der Waals surface area contributed by atoms with Crippen LogP contribution < -0.4 is 5.73 Å². The largest absolute Gasteiger partial charge is 0.382 e. The van der Waals surface area contributed by atoms with Crippen LogP contribution in [0.1, 0.15) is 0 Å². The van der Waals surface area contributed by atoms with Gasteiger partial charge in [0.2, 0.25) is 0 Å². The molecule has 0 atom stereocenters. The molecule has 4 rings (SSSR count). The predicted molar refractivity (Wildman–Crippen MR) is 94.8 cm³/mol. The summed E-state index contributed by atoms with van der Waals surface area (Å²) >= 11 is 7.10. The van der Waals surface area contributed by atoms with Gasteiger partial charge in [-0.25, -0.2) is 0 Å². The van der Waals surface area contributed by atoms with E-state index in [-0.39, 0.29) is 0 Å².